The molecule has 1 aromatic heterocycles. The van der Waals surface area contributed by atoms with Crippen LogP contribution in [0.4, 0.5) is 0 Å². The summed E-state index contributed by atoms with van der Waals surface area (Å²) >= 11 is 6.13. The molecule has 0 aliphatic carbocycles. The van der Waals surface area contributed by atoms with Crippen molar-refractivity contribution in [1.82, 2.24) is 10.3 Å². The van der Waals surface area contributed by atoms with Gasteiger partial charge >= 0.3 is 5.97 Å². The maximum absolute atomic E-state index is 12.2. The van der Waals surface area contributed by atoms with E-state index in [1.165, 1.54) is 0 Å². The van der Waals surface area contributed by atoms with Gasteiger partial charge in [-0.15, -0.1) is 0 Å². The van der Waals surface area contributed by atoms with Gasteiger partial charge in [-0.2, -0.15) is 0 Å². The van der Waals surface area contributed by atoms with Gasteiger partial charge in [-0.25, -0.2) is 4.79 Å². The van der Waals surface area contributed by atoms with Gasteiger partial charge in [0.25, 0.3) is 5.91 Å². The number of nitrogens with zero attached hydrogens (tertiary/aromatic N) is 1. The number of halogens is 1. The molecular formula is C18H19ClN2O5. The van der Waals surface area contributed by atoms with Gasteiger partial charge in [0.15, 0.2) is 6.61 Å². The molecule has 0 saturated carbocycles. The number of aliphatic carboxylic acids is 1. The second-order valence-corrected chi connectivity index (χ2v) is 6.50. The summed E-state index contributed by atoms with van der Waals surface area (Å²) in [5.41, 5.74) is 0.545. The highest BCUT2D eigenvalue weighted by atomic mass is 35.5. The molecule has 3 rings (SSSR count). The summed E-state index contributed by atoms with van der Waals surface area (Å²) in [6, 6.07) is 5.87. The number of carbonyl (C=O) groups is 2. The van der Waals surface area contributed by atoms with Crippen molar-refractivity contribution in [3.05, 3.63) is 35.5 Å². The lowest BCUT2D eigenvalue weighted by atomic mass is 9.93. The van der Waals surface area contributed by atoms with E-state index in [2.05, 4.69) is 10.3 Å². The lowest BCUT2D eigenvalue weighted by Gasteiger charge is -2.28. The van der Waals surface area contributed by atoms with E-state index in [-0.39, 0.29) is 12.5 Å². The van der Waals surface area contributed by atoms with Crippen LogP contribution < -0.4 is 10.1 Å². The first-order valence-electron chi connectivity index (χ1n) is 8.32. The number of carboxylic acid groups (broad SMARTS) is 1. The molecule has 2 atom stereocenters. The van der Waals surface area contributed by atoms with Crippen LogP contribution >= 0.6 is 11.6 Å². The molecule has 2 unspecified atom stereocenters. The molecule has 26 heavy (non-hydrogen) atoms. The van der Waals surface area contributed by atoms with Gasteiger partial charge in [-0.1, -0.05) is 11.6 Å². The van der Waals surface area contributed by atoms with Crippen molar-refractivity contribution in [2.75, 3.05) is 19.8 Å². The van der Waals surface area contributed by atoms with E-state index in [9.17, 15) is 14.7 Å². The molecule has 1 amide bonds. The van der Waals surface area contributed by atoms with Crippen LogP contribution in [0.1, 0.15) is 12.8 Å². The highest BCUT2D eigenvalue weighted by Crippen LogP contribution is 2.29. The number of hydrogen-bond acceptors (Lipinski definition) is 5. The second-order valence-electron chi connectivity index (χ2n) is 6.09. The highest BCUT2D eigenvalue weighted by Gasteiger charge is 2.31. The lowest BCUT2D eigenvalue weighted by molar-refractivity contribution is -0.145. The van der Waals surface area contributed by atoms with Crippen molar-refractivity contribution in [3.8, 4) is 5.75 Å². The Hall–Kier alpha value is -2.38. The Balaban J connectivity index is 1.65. The Morgan fingerprint density at radius 2 is 2.27 bits per heavy atom. The molecule has 1 aliphatic rings. The van der Waals surface area contributed by atoms with E-state index in [1.54, 1.807) is 30.5 Å². The van der Waals surface area contributed by atoms with E-state index in [0.717, 1.165) is 11.8 Å². The first-order valence-corrected chi connectivity index (χ1v) is 8.70. The zero-order valence-electron chi connectivity index (χ0n) is 14.0. The molecule has 8 heteroatoms. The number of benzene rings is 1. The SMILES string of the molecule is O=C(COc1ccc(Cl)c2cccnc12)NC(C(=O)O)C1CCCOC1. The van der Waals surface area contributed by atoms with E-state index in [4.69, 9.17) is 21.1 Å². The fourth-order valence-corrected chi connectivity index (χ4v) is 3.21. The van der Waals surface area contributed by atoms with E-state index >= 15 is 0 Å². The van der Waals surface area contributed by atoms with Crippen molar-refractivity contribution < 1.29 is 24.2 Å². The normalized spacial score (nSPS) is 18.3. The monoisotopic (exact) mass is 378 g/mol. The average Bonchev–Trinajstić information content (AvgIpc) is 2.66. The number of fused-ring (bicyclic) bond motifs is 1. The maximum Gasteiger partial charge on any atom is 0.326 e. The average molecular weight is 379 g/mol. The second kappa shape index (κ2) is 8.33. The van der Waals surface area contributed by atoms with Crippen LogP contribution in [0.2, 0.25) is 5.02 Å². The van der Waals surface area contributed by atoms with E-state index in [0.29, 0.717) is 35.9 Å². The standard InChI is InChI=1S/C18H19ClN2O5/c19-13-5-6-14(17-12(13)4-1-7-20-17)26-10-15(22)21-16(18(23)24)11-3-2-8-25-9-11/h1,4-7,11,16H,2-3,8-10H2,(H,21,22)(H,23,24). The van der Waals surface area contributed by atoms with Crippen molar-refractivity contribution in [2.24, 2.45) is 5.92 Å². The molecule has 2 heterocycles. The van der Waals surface area contributed by atoms with Crippen LogP contribution in [0.25, 0.3) is 10.9 Å². The van der Waals surface area contributed by atoms with E-state index in [1.807, 2.05) is 0 Å². The predicted octanol–water partition coefficient (Wildman–Crippen LogP) is 2.26. The minimum Gasteiger partial charge on any atom is -0.481 e. The number of pyridine rings is 1. The number of nitrogens with one attached hydrogen (secondary N) is 1. The van der Waals surface area contributed by atoms with Gasteiger partial charge in [0.2, 0.25) is 0 Å². The zero-order chi connectivity index (χ0) is 18.5. The molecule has 1 saturated heterocycles. The minimum absolute atomic E-state index is 0.247. The van der Waals surface area contributed by atoms with Crippen LogP contribution in [0, 0.1) is 5.92 Å². The summed E-state index contributed by atoms with van der Waals surface area (Å²) in [5.74, 6) is -1.43. The van der Waals surface area contributed by atoms with Crippen molar-refractivity contribution >= 4 is 34.4 Å². The first-order chi connectivity index (χ1) is 12.6. The molecule has 0 spiro atoms. The van der Waals surface area contributed by atoms with Crippen LogP contribution in [-0.4, -0.2) is 47.8 Å². The molecule has 1 aliphatic heterocycles. The third-order valence-corrected chi connectivity index (χ3v) is 4.62. The fourth-order valence-electron chi connectivity index (χ4n) is 3.00. The maximum atomic E-state index is 12.2. The number of aromatic nitrogens is 1. The highest BCUT2D eigenvalue weighted by molar-refractivity contribution is 6.35. The van der Waals surface area contributed by atoms with Gasteiger partial charge in [0.1, 0.15) is 17.3 Å². The number of rotatable bonds is 6. The summed E-state index contributed by atoms with van der Waals surface area (Å²) in [6.45, 7) is 0.630. The van der Waals surface area contributed by atoms with Crippen molar-refractivity contribution in [3.63, 3.8) is 0 Å². The molecule has 138 valence electrons. The van der Waals surface area contributed by atoms with Crippen molar-refractivity contribution in [1.29, 1.82) is 0 Å². The Labute approximate surface area is 155 Å². The molecule has 0 bridgehead atoms. The topological polar surface area (TPSA) is 97.8 Å². The number of amides is 1. The summed E-state index contributed by atoms with van der Waals surface area (Å²) in [4.78, 5) is 27.9. The fraction of sp³-hybridized carbons (Fsp3) is 0.389. The minimum atomic E-state index is -1.08. The molecular weight excluding hydrogens is 360 g/mol. The van der Waals surface area contributed by atoms with Crippen LogP contribution in [0.3, 0.4) is 0 Å². The smallest absolute Gasteiger partial charge is 0.326 e. The quantitative estimate of drug-likeness (QED) is 0.800. The van der Waals surface area contributed by atoms with Crippen LogP contribution in [0.5, 0.6) is 5.75 Å². The van der Waals surface area contributed by atoms with Gasteiger partial charge in [0, 0.05) is 24.1 Å². The summed E-state index contributed by atoms with van der Waals surface area (Å²) in [7, 11) is 0. The zero-order valence-corrected chi connectivity index (χ0v) is 14.7. The van der Waals surface area contributed by atoms with Gasteiger partial charge in [-0.3, -0.25) is 9.78 Å². The third kappa shape index (κ3) is 4.23. The predicted molar refractivity (Wildman–Crippen MR) is 95.4 cm³/mol. The molecule has 1 fully saturated rings. The lowest BCUT2D eigenvalue weighted by Crippen LogP contribution is -2.49. The Kier molecular flexibility index (Phi) is 5.90. The van der Waals surface area contributed by atoms with Crippen LogP contribution in [0.15, 0.2) is 30.5 Å². The Morgan fingerprint density at radius 3 is 3.00 bits per heavy atom. The largest absolute Gasteiger partial charge is 0.481 e. The number of hydrogen-bond donors (Lipinski definition) is 2. The summed E-state index contributed by atoms with van der Waals surface area (Å²) in [6.07, 6.45) is 3.09. The molecule has 1 aromatic carbocycles. The van der Waals surface area contributed by atoms with Gasteiger partial charge in [0.05, 0.1) is 11.6 Å². The van der Waals surface area contributed by atoms with Gasteiger partial charge < -0.3 is 19.9 Å². The molecule has 2 N–H and O–H groups in total. The Bertz CT molecular complexity index is 807. The van der Waals surface area contributed by atoms with Crippen molar-refractivity contribution in [2.45, 2.75) is 18.9 Å². The summed E-state index contributed by atoms with van der Waals surface area (Å²) < 4.78 is 10.9. The molecule has 7 nitrogen and oxygen atoms in total. The number of carbonyl (C=O) groups excluding carboxylic acids is 1. The number of carboxylic acids is 1. The molecule has 2 aromatic rings. The summed E-state index contributed by atoms with van der Waals surface area (Å²) in [5, 5.41) is 13.2. The molecule has 0 radical (unpaired) electrons. The first kappa shape index (κ1) is 18.4. The van der Waals surface area contributed by atoms with Crippen LogP contribution in [-0.2, 0) is 14.3 Å². The Morgan fingerprint density at radius 1 is 1.42 bits per heavy atom. The third-order valence-electron chi connectivity index (χ3n) is 4.29. The number of ether oxygens (including phenoxy) is 2. The van der Waals surface area contributed by atoms with Gasteiger partial charge in [-0.05, 0) is 37.1 Å². The van der Waals surface area contributed by atoms with E-state index < -0.39 is 17.9 Å².